The topological polar surface area (TPSA) is 51.1 Å². The zero-order chi connectivity index (χ0) is 14.7. The number of aryl methyl sites for hydroxylation is 1. The minimum atomic E-state index is -0.301. The van der Waals surface area contributed by atoms with Gasteiger partial charge in [0.1, 0.15) is 5.56 Å². The minimum Gasteiger partial charge on any atom is -0.348 e. The van der Waals surface area contributed by atoms with Gasteiger partial charge in [0.15, 0.2) is 0 Å². The molecule has 21 heavy (non-hydrogen) atoms. The van der Waals surface area contributed by atoms with Gasteiger partial charge in [0, 0.05) is 18.8 Å². The van der Waals surface area contributed by atoms with Crippen LogP contribution in [0.1, 0.15) is 34.5 Å². The maximum Gasteiger partial charge on any atom is 0.263 e. The molecule has 1 aromatic heterocycles. The third-order valence-electron chi connectivity index (χ3n) is 3.87. The van der Waals surface area contributed by atoms with Gasteiger partial charge in [-0.15, -0.1) is 0 Å². The summed E-state index contributed by atoms with van der Waals surface area (Å²) < 4.78 is 1.74. The van der Waals surface area contributed by atoms with Crippen LogP contribution in [0.3, 0.4) is 0 Å². The number of nitrogens with one attached hydrogen (secondary N) is 1. The average Bonchev–Trinajstić information content (AvgIpc) is 2.54. The number of pyridine rings is 1. The number of carbonyl (C=O) groups is 1. The maximum absolute atomic E-state index is 12.4. The number of fused-ring (bicyclic) bond motifs is 1. The van der Waals surface area contributed by atoms with Gasteiger partial charge in [-0.3, -0.25) is 9.59 Å². The number of rotatable bonds is 3. The molecule has 0 saturated heterocycles. The van der Waals surface area contributed by atoms with Crippen molar-refractivity contribution in [2.24, 2.45) is 0 Å². The predicted octanol–water partition coefficient (Wildman–Crippen LogP) is 2.11. The molecule has 1 aromatic carbocycles. The first-order valence-corrected chi connectivity index (χ1v) is 7.30. The third kappa shape index (κ3) is 2.89. The zero-order valence-corrected chi connectivity index (χ0v) is 11.8. The van der Waals surface area contributed by atoms with Crippen LogP contribution in [-0.4, -0.2) is 10.5 Å². The molecule has 0 saturated carbocycles. The summed E-state index contributed by atoms with van der Waals surface area (Å²) in [6.07, 6.45) is 3.03. The van der Waals surface area contributed by atoms with Gasteiger partial charge in [0.05, 0.1) is 0 Å². The van der Waals surface area contributed by atoms with Crippen molar-refractivity contribution in [3.63, 3.8) is 0 Å². The highest BCUT2D eigenvalue weighted by atomic mass is 16.2. The van der Waals surface area contributed by atoms with Crippen LogP contribution >= 0.6 is 0 Å². The van der Waals surface area contributed by atoms with E-state index < -0.39 is 0 Å². The normalized spacial score (nSPS) is 13.5. The van der Waals surface area contributed by atoms with E-state index in [0.717, 1.165) is 30.5 Å². The number of amides is 1. The Hall–Kier alpha value is -2.36. The first-order chi connectivity index (χ1) is 10.3. The van der Waals surface area contributed by atoms with Crippen LogP contribution in [0.4, 0.5) is 0 Å². The van der Waals surface area contributed by atoms with Gasteiger partial charge in [-0.05, 0) is 37.0 Å². The molecule has 0 spiro atoms. The molecule has 4 nitrogen and oxygen atoms in total. The van der Waals surface area contributed by atoms with Crippen molar-refractivity contribution in [3.05, 3.63) is 69.6 Å². The summed E-state index contributed by atoms with van der Waals surface area (Å²) >= 11 is 0. The molecule has 4 heteroatoms. The van der Waals surface area contributed by atoms with Crippen molar-refractivity contribution in [3.8, 4) is 0 Å². The van der Waals surface area contributed by atoms with Crippen LogP contribution in [0.5, 0.6) is 0 Å². The van der Waals surface area contributed by atoms with E-state index in [4.69, 9.17) is 0 Å². The molecule has 0 radical (unpaired) electrons. The number of benzene rings is 1. The molecule has 108 valence electrons. The van der Waals surface area contributed by atoms with E-state index in [0.29, 0.717) is 13.1 Å². The van der Waals surface area contributed by atoms with E-state index in [2.05, 4.69) is 5.32 Å². The van der Waals surface area contributed by atoms with Gasteiger partial charge in [-0.2, -0.15) is 0 Å². The molecule has 0 fully saturated rings. The van der Waals surface area contributed by atoms with Gasteiger partial charge in [0.25, 0.3) is 11.5 Å². The molecule has 0 unspecified atom stereocenters. The Morgan fingerprint density at radius 2 is 1.90 bits per heavy atom. The van der Waals surface area contributed by atoms with Crippen LogP contribution in [0.15, 0.2) is 47.3 Å². The Morgan fingerprint density at radius 1 is 1.10 bits per heavy atom. The molecular formula is C17H18N2O2. The van der Waals surface area contributed by atoms with Crippen molar-refractivity contribution < 1.29 is 4.79 Å². The summed E-state index contributed by atoms with van der Waals surface area (Å²) in [5.41, 5.74) is 2.11. The molecule has 1 aliphatic heterocycles. The van der Waals surface area contributed by atoms with Crippen LogP contribution in [0.25, 0.3) is 0 Å². The highest BCUT2D eigenvalue weighted by Crippen LogP contribution is 2.12. The SMILES string of the molecule is O=C(NCc1ccccc1)c1ccc2n(c1=O)CCCC2. The summed E-state index contributed by atoms with van der Waals surface area (Å²) in [5, 5.41) is 2.81. The monoisotopic (exact) mass is 282 g/mol. The highest BCUT2D eigenvalue weighted by Gasteiger charge is 2.16. The number of hydrogen-bond donors (Lipinski definition) is 1. The van der Waals surface area contributed by atoms with Gasteiger partial charge in [-0.1, -0.05) is 30.3 Å². The zero-order valence-electron chi connectivity index (χ0n) is 11.8. The quantitative estimate of drug-likeness (QED) is 0.937. The fraction of sp³-hybridized carbons (Fsp3) is 0.294. The fourth-order valence-corrected chi connectivity index (χ4v) is 2.70. The van der Waals surface area contributed by atoms with Crippen LogP contribution in [-0.2, 0) is 19.5 Å². The van der Waals surface area contributed by atoms with E-state index in [1.54, 1.807) is 10.6 Å². The Bertz CT molecular complexity index is 704. The van der Waals surface area contributed by atoms with Crippen molar-refractivity contribution in [2.75, 3.05) is 0 Å². The molecule has 0 aliphatic carbocycles. The predicted molar refractivity (Wildman–Crippen MR) is 81.3 cm³/mol. The molecule has 2 heterocycles. The number of nitrogens with zero attached hydrogens (tertiary/aromatic N) is 1. The molecule has 0 atom stereocenters. The molecule has 0 bridgehead atoms. The van der Waals surface area contributed by atoms with Crippen molar-refractivity contribution in [1.29, 1.82) is 0 Å². The molecule has 2 aromatic rings. The molecule has 1 amide bonds. The molecule has 1 aliphatic rings. The average molecular weight is 282 g/mol. The first kappa shape index (κ1) is 13.6. The Balaban J connectivity index is 1.77. The lowest BCUT2D eigenvalue weighted by Gasteiger charge is -2.18. The van der Waals surface area contributed by atoms with Gasteiger partial charge in [0.2, 0.25) is 0 Å². The summed E-state index contributed by atoms with van der Waals surface area (Å²) in [6.45, 7) is 1.15. The summed E-state index contributed by atoms with van der Waals surface area (Å²) in [4.78, 5) is 24.6. The van der Waals surface area contributed by atoms with E-state index in [1.807, 2.05) is 36.4 Å². The van der Waals surface area contributed by atoms with Crippen LogP contribution in [0, 0.1) is 0 Å². The van der Waals surface area contributed by atoms with Crippen LogP contribution < -0.4 is 10.9 Å². The summed E-state index contributed by atoms with van der Waals surface area (Å²) in [5.74, 6) is -0.301. The maximum atomic E-state index is 12.4. The van der Waals surface area contributed by atoms with Crippen molar-refractivity contribution in [2.45, 2.75) is 32.4 Å². The highest BCUT2D eigenvalue weighted by molar-refractivity contribution is 5.93. The second-order valence-electron chi connectivity index (χ2n) is 5.32. The molecular weight excluding hydrogens is 264 g/mol. The summed E-state index contributed by atoms with van der Waals surface area (Å²) in [6, 6.07) is 13.2. The lowest BCUT2D eigenvalue weighted by molar-refractivity contribution is 0.0948. The Labute approximate surface area is 123 Å². The molecule has 1 N–H and O–H groups in total. The Kier molecular flexibility index (Phi) is 3.86. The fourth-order valence-electron chi connectivity index (χ4n) is 2.70. The van der Waals surface area contributed by atoms with E-state index >= 15 is 0 Å². The second kappa shape index (κ2) is 5.95. The Morgan fingerprint density at radius 3 is 2.71 bits per heavy atom. The van der Waals surface area contributed by atoms with Crippen molar-refractivity contribution in [1.82, 2.24) is 9.88 Å². The number of aromatic nitrogens is 1. The minimum absolute atomic E-state index is 0.169. The third-order valence-corrected chi connectivity index (χ3v) is 3.87. The van der Waals surface area contributed by atoms with Gasteiger partial charge in [-0.25, -0.2) is 0 Å². The van der Waals surface area contributed by atoms with E-state index in [9.17, 15) is 9.59 Å². The van der Waals surface area contributed by atoms with Crippen LogP contribution in [0.2, 0.25) is 0 Å². The van der Waals surface area contributed by atoms with E-state index in [-0.39, 0.29) is 17.0 Å². The smallest absolute Gasteiger partial charge is 0.263 e. The van der Waals surface area contributed by atoms with E-state index in [1.165, 1.54) is 0 Å². The van der Waals surface area contributed by atoms with Crippen molar-refractivity contribution >= 4 is 5.91 Å². The van der Waals surface area contributed by atoms with Gasteiger partial charge < -0.3 is 9.88 Å². The standard InChI is InChI=1S/C17H18N2O2/c20-16(18-12-13-6-2-1-3-7-13)15-10-9-14-8-4-5-11-19(14)17(15)21/h1-3,6-7,9-10H,4-5,8,11-12H2,(H,18,20). The summed E-state index contributed by atoms with van der Waals surface area (Å²) in [7, 11) is 0. The first-order valence-electron chi connectivity index (χ1n) is 7.30. The number of carbonyl (C=O) groups excluding carboxylic acids is 1. The number of hydrogen-bond acceptors (Lipinski definition) is 2. The van der Waals surface area contributed by atoms with Gasteiger partial charge >= 0.3 is 0 Å². The lowest BCUT2D eigenvalue weighted by Crippen LogP contribution is -2.35. The molecule has 3 rings (SSSR count). The second-order valence-corrected chi connectivity index (χ2v) is 5.32. The largest absolute Gasteiger partial charge is 0.348 e. The lowest BCUT2D eigenvalue weighted by atomic mass is 10.1.